The van der Waals surface area contributed by atoms with E-state index in [1.165, 1.54) is 4.90 Å². The van der Waals surface area contributed by atoms with Gasteiger partial charge in [0, 0.05) is 37.2 Å². The molecule has 2 heterocycles. The van der Waals surface area contributed by atoms with Crippen molar-refractivity contribution in [3.63, 3.8) is 0 Å². The van der Waals surface area contributed by atoms with E-state index in [1.54, 1.807) is 35.2 Å². The summed E-state index contributed by atoms with van der Waals surface area (Å²) in [5.74, 6) is -0.973. The lowest BCUT2D eigenvalue weighted by Crippen LogP contribution is -2.57. The van der Waals surface area contributed by atoms with Crippen LogP contribution in [-0.4, -0.2) is 48.8 Å². The van der Waals surface area contributed by atoms with Gasteiger partial charge in [0.2, 0.25) is 5.91 Å². The van der Waals surface area contributed by atoms with Crippen LogP contribution in [-0.2, 0) is 14.6 Å². The Labute approximate surface area is 164 Å². The van der Waals surface area contributed by atoms with Crippen molar-refractivity contribution in [2.75, 3.05) is 23.7 Å². The van der Waals surface area contributed by atoms with E-state index in [1.807, 2.05) is 31.2 Å². The summed E-state index contributed by atoms with van der Waals surface area (Å²) in [6.45, 7) is 2.47. The topological polar surface area (TPSA) is 74.8 Å². The summed E-state index contributed by atoms with van der Waals surface area (Å²) in [7, 11) is -3.64. The summed E-state index contributed by atoms with van der Waals surface area (Å²) in [5, 5.41) is 0. The summed E-state index contributed by atoms with van der Waals surface area (Å²) >= 11 is 0. The van der Waals surface area contributed by atoms with Crippen LogP contribution in [0.15, 0.2) is 54.6 Å². The van der Waals surface area contributed by atoms with Crippen LogP contribution in [0.3, 0.4) is 0 Å². The van der Waals surface area contributed by atoms with Crippen molar-refractivity contribution >= 4 is 27.3 Å². The Morgan fingerprint density at radius 3 is 2.21 bits per heavy atom. The quantitative estimate of drug-likeness (QED) is 0.779. The molecule has 0 N–H and O–H groups in total. The van der Waals surface area contributed by atoms with Gasteiger partial charge in [0.15, 0.2) is 14.7 Å². The monoisotopic (exact) mass is 398 g/mol. The number of carbonyl (C=O) groups excluding carboxylic acids is 2. The van der Waals surface area contributed by atoms with Crippen molar-refractivity contribution in [2.24, 2.45) is 0 Å². The van der Waals surface area contributed by atoms with Gasteiger partial charge >= 0.3 is 0 Å². The standard InChI is InChI=1S/C21H22N2O4S/c1-16-7-5-6-10-18(16)20(25)22-13-11-21(12-14-22)23(17-8-3-2-4-9-17)19(24)15-28(21,26)27/h2-10H,11-15H2,1H3. The Hall–Kier alpha value is -2.67. The third-order valence-corrected chi connectivity index (χ3v) is 8.15. The number of likely N-dealkylation sites (tertiary alicyclic amines) is 1. The summed E-state index contributed by atoms with van der Waals surface area (Å²) < 4.78 is 25.9. The first kappa shape index (κ1) is 18.7. The number of hydrogen-bond acceptors (Lipinski definition) is 4. The SMILES string of the molecule is Cc1ccccc1C(=O)N1CCC2(CC1)N(c1ccccc1)C(=O)CS2(=O)=O. The average molecular weight is 398 g/mol. The Morgan fingerprint density at radius 2 is 1.57 bits per heavy atom. The van der Waals surface area contributed by atoms with E-state index in [-0.39, 0.29) is 18.7 Å². The fourth-order valence-corrected chi connectivity index (χ4v) is 6.27. The third-order valence-electron chi connectivity index (χ3n) is 5.77. The summed E-state index contributed by atoms with van der Waals surface area (Å²) in [5.41, 5.74) is 2.11. The second kappa shape index (κ2) is 6.74. The van der Waals surface area contributed by atoms with Crippen LogP contribution >= 0.6 is 0 Å². The molecule has 2 aromatic carbocycles. The molecule has 6 nitrogen and oxygen atoms in total. The van der Waals surface area contributed by atoms with Crippen molar-refractivity contribution in [2.45, 2.75) is 24.6 Å². The molecule has 0 atom stereocenters. The molecule has 1 spiro atoms. The first-order chi connectivity index (χ1) is 13.4. The zero-order valence-electron chi connectivity index (χ0n) is 15.7. The number of amides is 2. The van der Waals surface area contributed by atoms with Crippen LogP contribution in [0.25, 0.3) is 0 Å². The number of hydrogen-bond donors (Lipinski definition) is 0. The van der Waals surface area contributed by atoms with Gasteiger partial charge in [-0.25, -0.2) is 8.42 Å². The number of carbonyl (C=O) groups is 2. The first-order valence-corrected chi connectivity index (χ1v) is 11.0. The largest absolute Gasteiger partial charge is 0.338 e. The van der Waals surface area contributed by atoms with Crippen LogP contribution < -0.4 is 4.90 Å². The lowest BCUT2D eigenvalue weighted by molar-refractivity contribution is -0.116. The van der Waals surface area contributed by atoms with Gasteiger partial charge in [-0.3, -0.25) is 14.5 Å². The minimum Gasteiger partial charge on any atom is -0.338 e. The zero-order valence-corrected chi connectivity index (χ0v) is 16.5. The molecule has 2 saturated heterocycles. The van der Waals surface area contributed by atoms with Gasteiger partial charge in [-0.15, -0.1) is 0 Å². The van der Waals surface area contributed by atoms with Crippen LogP contribution in [0, 0.1) is 6.92 Å². The van der Waals surface area contributed by atoms with E-state index in [2.05, 4.69) is 0 Å². The van der Waals surface area contributed by atoms with Crippen molar-refractivity contribution in [1.82, 2.24) is 4.90 Å². The van der Waals surface area contributed by atoms with E-state index < -0.39 is 26.4 Å². The predicted octanol–water partition coefficient (Wildman–Crippen LogP) is 2.39. The Bertz CT molecular complexity index is 1030. The molecule has 0 aliphatic carbocycles. The predicted molar refractivity (Wildman–Crippen MR) is 107 cm³/mol. The Kier molecular flexibility index (Phi) is 4.50. The normalized spacial score (nSPS) is 20.5. The lowest BCUT2D eigenvalue weighted by atomic mass is 9.99. The second-order valence-corrected chi connectivity index (χ2v) is 9.66. The van der Waals surface area contributed by atoms with Crippen molar-refractivity contribution in [3.8, 4) is 0 Å². The maximum atomic E-state index is 13.0. The number of rotatable bonds is 2. The smallest absolute Gasteiger partial charge is 0.254 e. The number of anilines is 1. The van der Waals surface area contributed by atoms with E-state index in [0.717, 1.165) is 5.56 Å². The van der Waals surface area contributed by atoms with Crippen LogP contribution in [0.5, 0.6) is 0 Å². The molecule has 2 aliphatic heterocycles. The van der Waals surface area contributed by atoms with Crippen molar-refractivity contribution in [1.29, 1.82) is 0 Å². The maximum absolute atomic E-state index is 13.0. The van der Waals surface area contributed by atoms with E-state index >= 15 is 0 Å². The Morgan fingerprint density at radius 1 is 0.964 bits per heavy atom. The highest BCUT2D eigenvalue weighted by Gasteiger charge is 2.59. The molecular formula is C21H22N2O4S. The minimum atomic E-state index is -3.64. The molecule has 0 radical (unpaired) electrons. The zero-order chi connectivity index (χ0) is 19.9. The molecule has 4 rings (SSSR count). The van der Waals surface area contributed by atoms with E-state index in [0.29, 0.717) is 24.3 Å². The highest BCUT2D eigenvalue weighted by Crippen LogP contribution is 2.42. The molecule has 2 aromatic rings. The number of aryl methyl sites for hydroxylation is 1. The second-order valence-electron chi connectivity index (χ2n) is 7.38. The average Bonchev–Trinajstić information content (AvgIpc) is 2.87. The number of sulfone groups is 1. The lowest BCUT2D eigenvalue weighted by Gasteiger charge is -2.43. The van der Waals surface area contributed by atoms with Gasteiger partial charge in [-0.05, 0) is 30.7 Å². The van der Waals surface area contributed by atoms with Crippen LogP contribution in [0.2, 0.25) is 0 Å². The highest BCUT2D eigenvalue weighted by atomic mass is 32.2. The number of para-hydroxylation sites is 1. The summed E-state index contributed by atoms with van der Waals surface area (Å²) in [4.78, 5) is 27.4. The maximum Gasteiger partial charge on any atom is 0.254 e. The molecule has 0 bridgehead atoms. The van der Waals surface area contributed by atoms with Crippen LogP contribution in [0.4, 0.5) is 5.69 Å². The molecular weight excluding hydrogens is 376 g/mol. The van der Waals surface area contributed by atoms with Gasteiger partial charge < -0.3 is 4.90 Å². The molecule has 146 valence electrons. The van der Waals surface area contributed by atoms with Crippen molar-refractivity contribution < 1.29 is 18.0 Å². The molecule has 2 amide bonds. The fourth-order valence-electron chi connectivity index (χ4n) is 4.26. The van der Waals surface area contributed by atoms with Gasteiger partial charge in [0.1, 0.15) is 5.75 Å². The van der Waals surface area contributed by atoms with Gasteiger partial charge in [0.05, 0.1) is 0 Å². The van der Waals surface area contributed by atoms with Gasteiger partial charge in [-0.2, -0.15) is 0 Å². The molecule has 2 fully saturated rings. The molecule has 0 saturated carbocycles. The minimum absolute atomic E-state index is 0.0964. The van der Waals surface area contributed by atoms with Crippen molar-refractivity contribution in [3.05, 3.63) is 65.7 Å². The number of piperidine rings is 1. The summed E-state index contributed by atoms with van der Waals surface area (Å²) in [6, 6.07) is 16.3. The third kappa shape index (κ3) is 2.81. The van der Waals surface area contributed by atoms with Crippen LogP contribution in [0.1, 0.15) is 28.8 Å². The highest BCUT2D eigenvalue weighted by molar-refractivity contribution is 7.94. The Balaban J connectivity index is 1.63. The molecule has 0 aromatic heterocycles. The molecule has 28 heavy (non-hydrogen) atoms. The fraction of sp³-hybridized carbons (Fsp3) is 0.333. The van der Waals surface area contributed by atoms with E-state index in [9.17, 15) is 18.0 Å². The molecule has 2 aliphatic rings. The summed E-state index contributed by atoms with van der Waals surface area (Å²) in [6.07, 6.45) is 0.432. The molecule has 7 heteroatoms. The van der Waals surface area contributed by atoms with Gasteiger partial charge in [-0.1, -0.05) is 36.4 Å². The number of nitrogens with zero attached hydrogens (tertiary/aromatic N) is 2. The van der Waals surface area contributed by atoms with Gasteiger partial charge in [0.25, 0.3) is 5.91 Å². The van der Waals surface area contributed by atoms with E-state index in [4.69, 9.17) is 0 Å². The number of benzene rings is 2. The molecule has 0 unspecified atom stereocenters. The first-order valence-electron chi connectivity index (χ1n) is 9.31.